The first-order chi connectivity index (χ1) is 13.0. The summed E-state index contributed by atoms with van der Waals surface area (Å²) in [5, 5.41) is 3.20. The number of hydrogen-bond acceptors (Lipinski definition) is 3. The topological polar surface area (TPSA) is 35.6 Å². The summed E-state index contributed by atoms with van der Waals surface area (Å²) in [6, 6.07) is 10.8. The molecule has 1 aliphatic heterocycles. The minimum Gasteiger partial charge on any atom is -0.384 e. The van der Waals surface area contributed by atoms with Crippen LogP contribution in [0.3, 0.4) is 0 Å². The van der Waals surface area contributed by atoms with Gasteiger partial charge in [0, 0.05) is 50.5 Å². The third kappa shape index (κ3) is 4.72. The van der Waals surface area contributed by atoms with E-state index in [1.54, 1.807) is 6.07 Å². The molecule has 2 aromatic rings. The van der Waals surface area contributed by atoms with Crippen LogP contribution < -0.4 is 10.2 Å². The molecule has 1 heterocycles. The maximum absolute atomic E-state index is 13.2. The SMILES string of the molecule is Cc1cccc(N2CCN(C(=O)CCNc3ccc(F)c(Cl)c3)CC2)c1C. The number of anilines is 2. The normalized spacial score (nSPS) is 14.4. The first-order valence-electron chi connectivity index (χ1n) is 9.23. The molecule has 0 aromatic heterocycles. The second kappa shape index (κ2) is 8.61. The largest absolute Gasteiger partial charge is 0.384 e. The quantitative estimate of drug-likeness (QED) is 0.830. The predicted octanol–water partition coefficient (Wildman–Crippen LogP) is 4.25. The van der Waals surface area contributed by atoms with Crippen LogP contribution in [0.1, 0.15) is 17.5 Å². The summed E-state index contributed by atoms with van der Waals surface area (Å²) in [7, 11) is 0. The van der Waals surface area contributed by atoms with E-state index < -0.39 is 5.82 Å². The van der Waals surface area contributed by atoms with Crippen molar-refractivity contribution >= 4 is 28.9 Å². The fourth-order valence-corrected chi connectivity index (χ4v) is 3.53. The van der Waals surface area contributed by atoms with Crippen LogP contribution in [0.4, 0.5) is 15.8 Å². The van der Waals surface area contributed by atoms with Gasteiger partial charge in [0.2, 0.25) is 5.91 Å². The Labute approximate surface area is 164 Å². The van der Waals surface area contributed by atoms with Crippen LogP contribution in [0.25, 0.3) is 0 Å². The molecule has 2 aromatic carbocycles. The number of rotatable bonds is 5. The van der Waals surface area contributed by atoms with E-state index in [2.05, 4.69) is 42.3 Å². The molecule has 0 aliphatic carbocycles. The molecule has 1 saturated heterocycles. The Morgan fingerprint density at radius 1 is 1.15 bits per heavy atom. The average Bonchev–Trinajstić information content (AvgIpc) is 2.67. The van der Waals surface area contributed by atoms with Crippen molar-refractivity contribution in [3.63, 3.8) is 0 Å². The maximum atomic E-state index is 13.2. The van der Waals surface area contributed by atoms with E-state index in [-0.39, 0.29) is 10.9 Å². The highest BCUT2D eigenvalue weighted by molar-refractivity contribution is 6.31. The summed E-state index contributed by atoms with van der Waals surface area (Å²) in [5.41, 5.74) is 4.57. The second-order valence-electron chi connectivity index (χ2n) is 6.89. The van der Waals surface area contributed by atoms with Crippen molar-refractivity contribution in [1.29, 1.82) is 0 Å². The van der Waals surface area contributed by atoms with Gasteiger partial charge in [0.25, 0.3) is 0 Å². The van der Waals surface area contributed by atoms with Crippen molar-refractivity contribution in [3.8, 4) is 0 Å². The number of hydrogen-bond donors (Lipinski definition) is 1. The number of nitrogens with one attached hydrogen (secondary N) is 1. The molecule has 4 nitrogen and oxygen atoms in total. The zero-order chi connectivity index (χ0) is 19.4. The van der Waals surface area contributed by atoms with Crippen molar-refractivity contribution in [2.75, 3.05) is 42.9 Å². The number of nitrogens with zero attached hydrogens (tertiary/aromatic N) is 2. The number of benzene rings is 2. The van der Waals surface area contributed by atoms with Crippen LogP contribution >= 0.6 is 11.6 Å². The first kappa shape index (κ1) is 19.5. The van der Waals surface area contributed by atoms with Gasteiger partial charge >= 0.3 is 0 Å². The van der Waals surface area contributed by atoms with E-state index in [0.717, 1.165) is 26.2 Å². The minimum atomic E-state index is -0.444. The Kier molecular flexibility index (Phi) is 6.22. The monoisotopic (exact) mass is 389 g/mol. The van der Waals surface area contributed by atoms with Crippen LogP contribution in [0.5, 0.6) is 0 Å². The van der Waals surface area contributed by atoms with Crippen molar-refractivity contribution in [2.24, 2.45) is 0 Å². The molecule has 0 radical (unpaired) electrons. The highest BCUT2D eigenvalue weighted by Crippen LogP contribution is 2.24. The van der Waals surface area contributed by atoms with E-state index in [1.165, 1.54) is 28.9 Å². The summed E-state index contributed by atoms with van der Waals surface area (Å²) in [5.74, 6) is -0.309. The molecule has 0 unspecified atom stereocenters. The lowest BCUT2D eigenvalue weighted by Gasteiger charge is -2.37. The molecule has 0 saturated carbocycles. The predicted molar refractivity (Wildman–Crippen MR) is 109 cm³/mol. The molecular weight excluding hydrogens is 365 g/mol. The van der Waals surface area contributed by atoms with E-state index in [9.17, 15) is 9.18 Å². The fraction of sp³-hybridized carbons (Fsp3) is 0.381. The van der Waals surface area contributed by atoms with Crippen LogP contribution in [0.15, 0.2) is 36.4 Å². The van der Waals surface area contributed by atoms with Crippen molar-refractivity contribution in [3.05, 3.63) is 58.4 Å². The molecule has 1 N–H and O–H groups in total. The summed E-state index contributed by atoms with van der Waals surface area (Å²) < 4.78 is 13.2. The van der Waals surface area contributed by atoms with Gasteiger partial charge in [-0.1, -0.05) is 23.7 Å². The summed E-state index contributed by atoms with van der Waals surface area (Å²) in [4.78, 5) is 16.7. The van der Waals surface area contributed by atoms with E-state index in [0.29, 0.717) is 18.7 Å². The Morgan fingerprint density at radius 2 is 1.89 bits per heavy atom. The molecule has 0 bridgehead atoms. The molecule has 6 heteroatoms. The van der Waals surface area contributed by atoms with Gasteiger partial charge in [-0.15, -0.1) is 0 Å². The lowest BCUT2D eigenvalue weighted by Crippen LogP contribution is -2.49. The Balaban J connectivity index is 1.47. The molecule has 144 valence electrons. The molecular formula is C21H25ClFN3O. The van der Waals surface area contributed by atoms with Gasteiger partial charge in [-0.3, -0.25) is 4.79 Å². The van der Waals surface area contributed by atoms with Gasteiger partial charge in [0.05, 0.1) is 5.02 Å². The van der Waals surface area contributed by atoms with Gasteiger partial charge in [-0.25, -0.2) is 4.39 Å². The highest BCUT2D eigenvalue weighted by Gasteiger charge is 2.22. The standard InChI is InChI=1S/C21H25ClFN3O/c1-15-4-3-5-20(16(15)2)25-10-12-26(13-11-25)21(27)8-9-24-17-6-7-19(23)18(22)14-17/h3-7,14,24H,8-13H2,1-2H3. The molecule has 1 aliphatic rings. The summed E-state index contributed by atoms with van der Waals surface area (Å²) in [6.45, 7) is 7.92. The van der Waals surface area contributed by atoms with Crippen LogP contribution in [0, 0.1) is 19.7 Å². The summed E-state index contributed by atoms with van der Waals surface area (Å²) >= 11 is 5.77. The molecule has 27 heavy (non-hydrogen) atoms. The van der Waals surface area contributed by atoms with Crippen molar-refractivity contribution in [2.45, 2.75) is 20.3 Å². The molecule has 3 rings (SSSR count). The number of piperazine rings is 1. The van der Waals surface area contributed by atoms with E-state index in [4.69, 9.17) is 11.6 Å². The number of carbonyl (C=O) groups excluding carboxylic acids is 1. The second-order valence-corrected chi connectivity index (χ2v) is 7.30. The number of aryl methyl sites for hydroxylation is 1. The smallest absolute Gasteiger partial charge is 0.224 e. The van der Waals surface area contributed by atoms with Gasteiger partial charge in [0.1, 0.15) is 5.82 Å². The minimum absolute atomic E-state index is 0.0777. The molecule has 0 spiro atoms. The van der Waals surface area contributed by atoms with E-state index in [1.807, 2.05) is 4.90 Å². The van der Waals surface area contributed by atoms with Gasteiger partial charge in [0.15, 0.2) is 0 Å². The third-order valence-corrected chi connectivity index (χ3v) is 5.43. The molecule has 1 fully saturated rings. The van der Waals surface area contributed by atoms with Crippen molar-refractivity contribution < 1.29 is 9.18 Å². The Bertz CT molecular complexity index is 819. The summed E-state index contributed by atoms with van der Waals surface area (Å²) in [6.07, 6.45) is 0.401. The van der Waals surface area contributed by atoms with Gasteiger partial charge in [-0.05, 0) is 49.2 Å². The molecule has 0 atom stereocenters. The lowest BCUT2D eigenvalue weighted by molar-refractivity contribution is -0.131. The fourth-order valence-electron chi connectivity index (χ4n) is 3.35. The van der Waals surface area contributed by atoms with Gasteiger partial charge < -0.3 is 15.1 Å². The third-order valence-electron chi connectivity index (χ3n) is 5.14. The zero-order valence-electron chi connectivity index (χ0n) is 15.8. The van der Waals surface area contributed by atoms with Crippen LogP contribution in [-0.4, -0.2) is 43.5 Å². The average molecular weight is 390 g/mol. The highest BCUT2D eigenvalue weighted by atomic mass is 35.5. The Hall–Kier alpha value is -2.27. The number of amides is 1. The number of halogens is 2. The van der Waals surface area contributed by atoms with Crippen LogP contribution in [0.2, 0.25) is 5.02 Å². The van der Waals surface area contributed by atoms with Gasteiger partial charge in [-0.2, -0.15) is 0 Å². The first-order valence-corrected chi connectivity index (χ1v) is 9.61. The van der Waals surface area contributed by atoms with E-state index >= 15 is 0 Å². The maximum Gasteiger partial charge on any atom is 0.224 e. The number of carbonyl (C=O) groups is 1. The lowest BCUT2D eigenvalue weighted by atomic mass is 10.1. The van der Waals surface area contributed by atoms with Crippen molar-refractivity contribution in [1.82, 2.24) is 4.90 Å². The zero-order valence-corrected chi connectivity index (χ0v) is 16.5. The molecule has 1 amide bonds. The Morgan fingerprint density at radius 3 is 2.59 bits per heavy atom. The van der Waals surface area contributed by atoms with Crippen LogP contribution in [-0.2, 0) is 4.79 Å².